The molecule has 0 fully saturated rings. The zero-order valence-electron chi connectivity index (χ0n) is 13.2. The zero-order chi connectivity index (χ0) is 16.4. The van der Waals surface area contributed by atoms with E-state index in [-0.39, 0.29) is 5.91 Å². The van der Waals surface area contributed by atoms with Crippen molar-refractivity contribution in [2.75, 3.05) is 7.11 Å². The zero-order valence-corrected chi connectivity index (χ0v) is 13.2. The van der Waals surface area contributed by atoms with Gasteiger partial charge in [-0.05, 0) is 18.1 Å². The van der Waals surface area contributed by atoms with Gasteiger partial charge in [0.2, 0.25) is 0 Å². The molecule has 2 heterocycles. The molecule has 2 aliphatic rings. The van der Waals surface area contributed by atoms with Crippen molar-refractivity contribution < 1.29 is 19.1 Å². The van der Waals surface area contributed by atoms with Crippen molar-refractivity contribution in [1.29, 1.82) is 0 Å². The molecule has 120 valence electrons. The number of rotatable bonds is 5. The highest BCUT2D eigenvalue weighted by molar-refractivity contribution is 6.07. The molecule has 0 saturated carbocycles. The molecule has 1 aromatic carbocycles. The topological polar surface area (TPSA) is 64.6 Å². The molecule has 2 bridgehead atoms. The third-order valence-corrected chi connectivity index (χ3v) is 4.31. The molecular formula is C18H19NO4. The second-order valence-electron chi connectivity index (χ2n) is 5.59. The first-order valence-electron chi connectivity index (χ1n) is 7.63. The molecule has 2 unspecified atom stereocenters. The number of methoxy groups -OCH3 is 1. The van der Waals surface area contributed by atoms with Crippen LogP contribution in [0.5, 0.6) is 0 Å². The van der Waals surface area contributed by atoms with Crippen LogP contribution in [0.15, 0.2) is 53.6 Å². The predicted molar refractivity (Wildman–Crippen MR) is 84.4 cm³/mol. The van der Waals surface area contributed by atoms with Crippen LogP contribution in [-0.2, 0) is 25.6 Å². The summed E-state index contributed by atoms with van der Waals surface area (Å²) < 4.78 is 10.7. The molecule has 0 saturated heterocycles. The summed E-state index contributed by atoms with van der Waals surface area (Å²) in [6.45, 7) is 2.31. The second-order valence-corrected chi connectivity index (χ2v) is 5.59. The van der Waals surface area contributed by atoms with Gasteiger partial charge in [0.15, 0.2) is 0 Å². The van der Waals surface area contributed by atoms with E-state index < -0.39 is 17.7 Å². The fourth-order valence-corrected chi connectivity index (χ4v) is 3.09. The van der Waals surface area contributed by atoms with Gasteiger partial charge in [-0.15, -0.1) is 0 Å². The molecule has 3 rings (SSSR count). The first-order chi connectivity index (χ1) is 11.1. The molecule has 1 amide bonds. The molecule has 2 atom stereocenters. The highest BCUT2D eigenvalue weighted by atomic mass is 16.5. The van der Waals surface area contributed by atoms with Gasteiger partial charge >= 0.3 is 5.97 Å². The van der Waals surface area contributed by atoms with Crippen LogP contribution in [0.3, 0.4) is 0 Å². The number of amides is 1. The van der Waals surface area contributed by atoms with Crippen LogP contribution in [0.2, 0.25) is 0 Å². The van der Waals surface area contributed by atoms with E-state index in [4.69, 9.17) is 9.47 Å². The van der Waals surface area contributed by atoms with Gasteiger partial charge in [-0.2, -0.15) is 0 Å². The minimum atomic E-state index is -0.836. The third-order valence-electron chi connectivity index (χ3n) is 4.31. The first-order valence-corrected chi connectivity index (χ1v) is 7.63. The minimum Gasteiger partial charge on any atom is -0.466 e. The number of hydrogen-bond acceptors (Lipinski definition) is 4. The second kappa shape index (κ2) is 6.01. The van der Waals surface area contributed by atoms with Crippen LogP contribution in [-0.4, -0.2) is 30.7 Å². The molecule has 23 heavy (non-hydrogen) atoms. The van der Waals surface area contributed by atoms with Crippen molar-refractivity contribution in [3.05, 3.63) is 59.2 Å². The molecule has 2 aliphatic heterocycles. The van der Waals surface area contributed by atoms with E-state index in [9.17, 15) is 9.59 Å². The maximum atomic E-state index is 12.6. The summed E-state index contributed by atoms with van der Waals surface area (Å²) in [7, 11) is 1.31. The van der Waals surface area contributed by atoms with E-state index in [1.54, 1.807) is 0 Å². The lowest BCUT2D eigenvalue weighted by molar-refractivity contribution is -0.138. The summed E-state index contributed by atoms with van der Waals surface area (Å²) in [6.07, 6.45) is 3.75. The number of nitrogens with one attached hydrogen (secondary N) is 1. The van der Waals surface area contributed by atoms with Crippen molar-refractivity contribution in [2.45, 2.75) is 31.6 Å². The number of ether oxygens (including phenoxy) is 2. The maximum absolute atomic E-state index is 12.6. The highest BCUT2D eigenvalue weighted by Crippen LogP contribution is 2.45. The standard InChI is InChI=1S/C18H19NO4/c1-3-18-10-9-13(23-18)14(15(18)17(21)22-2)16(20)19-11-12-7-5-4-6-8-12/h4-10,13H,3,11H2,1-2H3,(H,19,20). The van der Waals surface area contributed by atoms with Crippen LogP contribution < -0.4 is 5.32 Å². The molecule has 5 heteroatoms. The summed E-state index contributed by atoms with van der Waals surface area (Å²) in [4.78, 5) is 24.8. The Kier molecular flexibility index (Phi) is 4.05. The number of esters is 1. The summed E-state index contributed by atoms with van der Waals surface area (Å²) in [5.74, 6) is -0.803. The van der Waals surface area contributed by atoms with Crippen LogP contribution >= 0.6 is 0 Å². The predicted octanol–water partition coefficient (Wildman–Crippen LogP) is 1.89. The lowest BCUT2D eigenvalue weighted by atomic mass is 9.84. The van der Waals surface area contributed by atoms with E-state index in [1.807, 2.05) is 49.4 Å². The van der Waals surface area contributed by atoms with Gasteiger partial charge in [0, 0.05) is 6.54 Å². The Balaban J connectivity index is 1.85. The number of carbonyl (C=O) groups excluding carboxylic acids is 2. The molecule has 0 spiro atoms. The van der Waals surface area contributed by atoms with Gasteiger partial charge in [-0.1, -0.05) is 43.3 Å². The van der Waals surface area contributed by atoms with Gasteiger partial charge in [-0.3, -0.25) is 4.79 Å². The summed E-state index contributed by atoms with van der Waals surface area (Å²) in [6, 6.07) is 9.61. The lowest BCUT2D eigenvalue weighted by Crippen LogP contribution is -2.33. The minimum absolute atomic E-state index is 0.293. The first kappa shape index (κ1) is 15.5. The Hall–Kier alpha value is -2.40. The van der Waals surface area contributed by atoms with Gasteiger partial charge < -0.3 is 14.8 Å². The van der Waals surface area contributed by atoms with Gasteiger partial charge in [0.25, 0.3) is 5.91 Å². The largest absolute Gasteiger partial charge is 0.466 e. The molecule has 0 aromatic heterocycles. The van der Waals surface area contributed by atoms with E-state index in [0.717, 1.165) is 5.56 Å². The van der Waals surface area contributed by atoms with Crippen molar-refractivity contribution in [3.8, 4) is 0 Å². The van der Waals surface area contributed by atoms with E-state index in [2.05, 4.69) is 5.32 Å². The van der Waals surface area contributed by atoms with Gasteiger partial charge in [-0.25, -0.2) is 4.79 Å². The summed E-state index contributed by atoms with van der Waals surface area (Å²) in [5.41, 5.74) is 0.834. The summed E-state index contributed by atoms with van der Waals surface area (Å²) in [5, 5.41) is 2.86. The lowest BCUT2D eigenvalue weighted by Gasteiger charge is -2.23. The van der Waals surface area contributed by atoms with E-state index >= 15 is 0 Å². The van der Waals surface area contributed by atoms with Crippen molar-refractivity contribution in [1.82, 2.24) is 5.32 Å². The molecule has 5 nitrogen and oxygen atoms in total. The normalized spacial score (nSPS) is 24.9. The molecule has 1 N–H and O–H groups in total. The van der Waals surface area contributed by atoms with Crippen molar-refractivity contribution in [2.24, 2.45) is 0 Å². The quantitative estimate of drug-likeness (QED) is 0.666. The molecule has 0 aliphatic carbocycles. The highest BCUT2D eigenvalue weighted by Gasteiger charge is 2.52. The number of carbonyl (C=O) groups is 2. The smallest absolute Gasteiger partial charge is 0.337 e. The Morgan fingerprint density at radius 1 is 1.30 bits per heavy atom. The Bertz CT molecular complexity index is 692. The van der Waals surface area contributed by atoms with Crippen molar-refractivity contribution >= 4 is 11.9 Å². The maximum Gasteiger partial charge on any atom is 0.337 e. The van der Waals surface area contributed by atoms with Crippen LogP contribution in [0.25, 0.3) is 0 Å². The number of hydrogen-bond donors (Lipinski definition) is 1. The van der Waals surface area contributed by atoms with Crippen molar-refractivity contribution in [3.63, 3.8) is 0 Å². The fraction of sp³-hybridized carbons (Fsp3) is 0.333. The van der Waals surface area contributed by atoms with Crippen LogP contribution in [0, 0.1) is 0 Å². The molecular weight excluding hydrogens is 294 g/mol. The fourth-order valence-electron chi connectivity index (χ4n) is 3.09. The Labute approximate surface area is 135 Å². The average molecular weight is 313 g/mol. The van der Waals surface area contributed by atoms with E-state index in [0.29, 0.717) is 24.1 Å². The van der Waals surface area contributed by atoms with Crippen LogP contribution in [0.1, 0.15) is 18.9 Å². The van der Waals surface area contributed by atoms with Gasteiger partial charge in [0.1, 0.15) is 11.7 Å². The average Bonchev–Trinajstić information content (AvgIpc) is 3.16. The monoisotopic (exact) mass is 313 g/mol. The molecule has 0 radical (unpaired) electrons. The molecule has 1 aromatic rings. The third kappa shape index (κ3) is 2.57. The van der Waals surface area contributed by atoms with Crippen LogP contribution in [0.4, 0.5) is 0 Å². The SMILES string of the molecule is CCC12C=CC(O1)C(C(=O)NCc1ccccc1)=C2C(=O)OC. The Morgan fingerprint density at radius 2 is 2.04 bits per heavy atom. The number of fused-ring (bicyclic) bond motifs is 2. The van der Waals surface area contributed by atoms with Gasteiger partial charge in [0.05, 0.1) is 18.3 Å². The Morgan fingerprint density at radius 3 is 2.70 bits per heavy atom. The number of benzene rings is 1. The summed E-state index contributed by atoms with van der Waals surface area (Å²) >= 11 is 0. The van der Waals surface area contributed by atoms with E-state index in [1.165, 1.54) is 7.11 Å².